The molecule has 0 saturated carbocycles. The zero-order chi connectivity index (χ0) is 5.21. The van der Waals surface area contributed by atoms with E-state index < -0.39 is 0 Å². The van der Waals surface area contributed by atoms with Crippen molar-refractivity contribution in [3.63, 3.8) is 0 Å². The molecular formula is C4H13PSi. The van der Waals surface area contributed by atoms with Crippen LogP contribution in [-0.2, 0) is 0 Å². The molecule has 2 heteroatoms. The molecule has 0 spiro atoms. The zero-order valence-electron chi connectivity index (χ0n) is 4.78. The third-order valence-electron chi connectivity index (χ3n) is 0.612. The molecule has 0 radical (unpaired) electrons. The van der Waals surface area contributed by atoms with Crippen LogP contribution in [0, 0.1) is 0 Å². The van der Waals surface area contributed by atoms with Crippen LogP contribution in [0.5, 0.6) is 0 Å². The summed E-state index contributed by atoms with van der Waals surface area (Å²) < 4.78 is 0. The van der Waals surface area contributed by atoms with Crippen molar-refractivity contribution in [2.24, 2.45) is 0 Å². The van der Waals surface area contributed by atoms with Gasteiger partial charge in [-0.2, -0.15) is 8.79 Å². The number of hydrogen-bond donors (Lipinski definition) is 0. The third kappa shape index (κ3) is 4.65. The van der Waals surface area contributed by atoms with Gasteiger partial charge in [0.25, 0.3) is 0 Å². The Morgan fingerprint density at radius 2 is 1.50 bits per heavy atom. The van der Waals surface area contributed by atoms with Crippen molar-refractivity contribution in [1.82, 2.24) is 0 Å². The summed E-state index contributed by atoms with van der Waals surface area (Å²) in [5.74, 6) is 0. The Kier molecular flexibility index (Phi) is 2.31. The molecule has 0 aliphatic heterocycles. The number of hydrogen-bond acceptors (Lipinski definition) is 0. The Morgan fingerprint density at radius 1 is 1.33 bits per heavy atom. The van der Waals surface area contributed by atoms with Gasteiger partial charge >= 0.3 is 0 Å². The Morgan fingerprint density at radius 3 is 1.50 bits per heavy atom. The minimum atomic E-state index is 0.169. The largest absolute Gasteiger partial charge is 0.155 e. The maximum atomic E-state index is 2.86. The van der Waals surface area contributed by atoms with Crippen LogP contribution in [0.1, 0.15) is 20.8 Å². The minimum absolute atomic E-state index is 0.169. The quantitative estimate of drug-likeness (QED) is 0.332. The van der Waals surface area contributed by atoms with E-state index in [4.69, 9.17) is 0 Å². The molecule has 0 aromatic rings. The van der Waals surface area contributed by atoms with Gasteiger partial charge < -0.3 is 0 Å². The van der Waals surface area contributed by atoms with Gasteiger partial charge in [-0.1, -0.05) is 20.8 Å². The molecule has 0 rings (SSSR count). The maximum absolute atomic E-state index is 2.86. The Balaban J connectivity index is 3.17. The van der Waals surface area contributed by atoms with E-state index in [1.165, 1.54) is 0 Å². The van der Waals surface area contributed by atoms with Gasteiger partial charge in [0.2, 0.25) is 0 Å². The summed E-state index contributed by atoms with van der Waals surface area (Å²) in [6.07, 6.45) is 0. The first-order valence-corrected chi connectivity index (χ1v) is 6.23. The molecule has 0 aromatic carbocycles. The molecule has 0 aliphatic carbocycles. The van der Waals surface area contributed by atoms with Gasteiger partial charge in [0.1, 0.15) is 0 Å². The second-order valence-electron chi connectivity index (χ2n) is 2.76. The lowest BCUT2D eigenvalue weighted by Crippen LogP contribution is -1.99. The van der Waals surface area contributed by atoms with Gasteiger partial charge in [-0.15, -0.1) is 0 Å². The van der Waals surface area contributed by atoms with Gasteiger partial charge in [-0.25, -0.2) is 0 Å². The summed E-state index contributed by atoms with van der Waals surface area (Å²) in [6.45, 7) is 6.85. The van der Waals surface area contributed by atoms with Crippen molar-refractivity contribution >= 4 is 18.0 Å². The second kappa shape index (κ2) is 2.09. The van der Waals surface area contributed by atoms with E-state index in [-0.39, 0.29) is 9.19 Å². The van der Waals surface area contributed by atoms with Crippen molar-refractivity contribution in [3.8, 4) is 0 Å². The minimum Gasteiger partial charge on any atom is -0.155 e. The van der Waals surface area contributed by atoms with Crippen molar-refractivity contribution in [1.29, 1.82) is 0 Å². The molecule has 0 nitrogen and oxygen atoms in total. The van der Waals surface area contributed by atoms with Crippen LogP contribution in [0.15, 0.2) is 0 Å². The molecule has 0 N–H and O–H groups in total. The standard InChI is InChI=1S/C4H13PSi/c1-4(2,3)6-5/h5-6H2,1-3H3. The SMILES string of the molecule is CC(C)(C)[SiH2]P. The molecule has 0 heterocycles. The lowest BCUT2D eigenvalue weighted by molar-refractivity contribution is 0.764. The normalized spacial score (nSPS) is 14.0. The highest BCUT2D eigenvalue weighted by Crippen LogP contribution is 2.21. The van der Waals surface area contributed by atoms with Gasteiger partial charge in [0.05, 0.1) is 0 Å². The van der Waals surface area contributed by atoms with E-state index in [1.54, 1.807) is 0 Å². The van der Waals surface area contributed by atoms with Crippen LogP contribution in [-0.4, -0.2) is 9.19 Å². The molecule has 0 amide bonds. The first kappa shape index (κ1) is 6.65. The fraction of sp³-hybridized carbons (Fsp3) is 1.00. The molecule has 0 aromatic heterocycles. The van der Waals surface area contributed by atoms with Gasteiger partial charge in [0, 0.05) is 9.19 Å². The topological polar surface area (TPSA) is 0 Å². The molecule has 1 atom stereocenters. The van der Waals surface area contributed by atoms with Gasteiger partial charge in [0.15, 0.2) is 0 Å². The van der Waals surface area contributed by atoms with E-state index >= 15 is 0 Å². The summed E-state index contributed by atoms with van der Waals surface area (Å²) in [7, 11) is 3.03. The maximum Gasteiger partial charge on any atom is 0.0468 e. The smallest absolute Gasteiger partial charge is 0.0468 e. The predicted octanol–water partition coefficient (Wildman–Crippen LogP) is 1.16. The van der Waals surface area contributed by atoms with Crippen LogP contribution in [0.25, 0.3) is 0 Å². The Labute approximate surface area is 44.6 Å². The Hall–Kier alpha value is 0.647. The van der Waals surface area contributed by atoms with Crippen LogP contribution in [0.2, 0.25) is 5.04 Å². The lowest BCUT2D eigenvalue weighted by Gasteiger charge is -2.11. The van der Waals surface area contributed by atoms with Crippen LogP contribution in [0.3, 0.4) is 0 Å². The third-order valence-corrected chi connectivity index (χ3v) is 5.51. The molecule has 0 fully saturated rings. The van der Waals surface area contributed by atoms with Gasteiger partial charge in [-0.05, 0) is 5.04 Å². The fourth-order valence-corrected chi connectivity index (χ4v) is 0. The van der Waals surface area contributed by atoms with Crippen molar-refractivity contribution < 1.29 is 0 Å². The highest BCUT2D eigenvalue weighted by molar-refractivity contribution is 7.56. The van der Waals surface area contributed by atoms with E-state index in [0.29, 0.717) is 5.04 Å². The Bertz CT molecular complexity index is 37.3. The van der Waals surface area contributed by atoms with Crippen molar-refractivity contribution in [2.45, 2.75) is 25.8 Å². The lowest BCUT2D eigenvalue weighted by atomic mass is 10.3. The van der Waals surface area contributed by atoms with E-state index in [0.717, 1.165) is 0 Å². The highest BCUT2D eigenvalue weighted by atomic mass is 31.3. The average Bonchev–Trinajstić information content (AvgIpc) is 1.35. The summed E-state index contributed by atoms with van der Waals surface area (Å²) in [5, 5.41) is 0.644. The predicted molar refractivity (Wildman–Crippen MR) is 38.0 cm³/mol. The summed E-state index contributed by atoms with van der Waals surface area (Å²) >= 11 is 0. The fourth-order valence-electron chi connectivity index (χ4n) is 0. The van der Waals surface area contributed by atoms with E-state index in [9.17, 15) is 0 Å². The average molecular weight is 120 g/mol. The molecular weight excluding hydrogens is 107 g/mol. The van der Waals surface area contributed by atoms with Crippen LogP contribution < -0.4 is 0 Å². The first-order chi connectivity index (χ1) is 2.56. The first-order valence-electron chi connectivity index (χ1n) is 2.26. The molecule has 1 unspecified atom stereocenters. The molecule has 6 heavy (non-hydrogen) atoms. The van der Waals surface area contributed by atoms with Crippen molar-refractivity contribution in [3.05, 3.63) is 0 Å². The van der Waals surface area contributed by atoms with Crippen LogP contribution in [0.4, 0.5) is 0 Å². The summed E-state index contributed by atoms with van der Waals surface area (Å²) in [5.41, 5.74) is 0. The highest BCUT2D eigenvalue weighted by Gasteiger charge is 2.04. The monoisotopic (exact) mass is 120 g/mol. The van der Waals surface area contributed by atoms with Crippen LogP contribution >= 0.6 is 8.79 Å². The molecule has 38 valence electrons. The summed E-state index contributed by atoms with van der Waals surface area (Å²) in [4.78, 5) is 0. The summed E-state index contributed by atoms with van der Waals surface area (Å²) in [6, 6.07) is 0. The van der Waals surface area contributed by atoms with Gasteiger partial charge in [-0.3, -0.25) is 0 Å². The molecule has 0 saturated heterocycles. The second-order valence-corrected chi connectivity index (χ2v) is 6.52. The molecule has 0 bridgehead atoms. The zero-order valence-corrected chi connectivity index (χ0v) is 7.35. The number of rotatable bonds is 0. The molecule has 0 aliphatic rings. The van der Waals surface area contributed by atoms with Crippen molar-refractivity contribution in [2.75, 3.05) is 0 Å². The van der Waals surface area contributed by atoms with E-state index in [1.807, 2.05) is 0 Å². The van der Waals surface area contributed by atoms with E-state index in [2.05, 4.69) is 29.6 Å².